The van der Waals surface area contributed by atoms with Crippen LogP contribution in [0.5, 0.6) is 5.75 Å². The van der Waals surface area contributed by atoms with Crippen LogP contribution in [0.1, 0.15) is 50.4 Å². The van der Waals surface area contributed by atoms with Gasteiger partial charge in [0.15, 0.2) is 6.61 Å². The van der Waals surface area contributed by atoms with Crippen molar-refractivity contribution in [3.63, 3.8) is 0 Å². The van der Waals surface area contributed by atoms with Gasteiger partial charge in [-0.2, -0.15) is 0 Å². The summed E-state index contributed by atoms with van der Waals surface area (Å²) in [4.78, 5) is 25.9. The molecule has 23 heavy (non-hydrogen) atoms. The molecule has 5 heteroatoms. The van der Waals surface area contributed by atoms with Crippen molar-refractivity contribution in [2.45, 2.75) is 52.1 Å². The highest BCUT2D eigenvalue weighted by Gasteiger charge is 2.28. The van der Waals surface area contributed by atoms with Crippen molar-refractivity contribution in [2.75, 3.05) is 13.2 Å². The fourth-order valence-electron chi connectivity index (χ4n) is 3.03. The smallest absolute Gasteiger partial charge is 0.338 e. The van der Waals surface area contributed by atoms with Gasteiger partial charge in [0.05, 0.1) is 12.2 Å². The molecule has 5 nitrogen and oxygen atoms in total. The summed E-state index contributed by atoms with van der Waals surface area (Å²) < 4.78 is 10.5. The Morgan fingerprint density at radius 3 is 2.30 bits per heavy atom. The molecule has 1 aliphatic rings. The molecule has 0 aliphatic carbocycles. The molecule has 1 heterocycles. The van der Waals surface area contributed by atoms with Gasteiger partial charge < -0.3 is 14.4 Å². The topological polar surface area (TPSA) is 55.8 Å². The van der Waals surface area contributed by atoms with Crippen molar-refractivity contribution in [3.05, 3.63) is 29.8 Å². The number of hydrogen-bond donors (Lipinski definition) is 0. The molecule has 0 aromatic heterocycles. The predicted octanol–water partition coefficient (Wildman–Crippen LogP) is 3.03. The van der Waals surface area contributed by atoms with Crippen molar-refractivity contribution in [2.24, 2.45) is 0 Å². The van der Waals surface area contributed by atoms with Gasteiger partial charge in [-0.05, 0) is 64.3 Å². The molecule has 0 spiro atoms. The normalized spacial score (nSPS) is 20.9. The van der Waals surface area contributed by atoms with Gasteiger partial charge in [-0.25, -0.2) is 4.79 Å². The van der Waals surface area contributed by atoms with E-state index in [1.807, 2.05) is 4.90 Å². The molecule has 1 saturated heterocycles. The molecule has 126 valence electrons. The molecule has 0 saturated carbocycles. The second-order valence-corrected chi connectivity index (χ2v) is 5.96. The van der Waals surface area contributed by atoms with E-state index >= 15 is 0 Å². The van der Waals surface area contributed by atoms with Crippen LogP contribution in [0.2, 0.25) is 0 Å². The second-order valence-electron chi connectivity index (χ2n) is 5.96. The van der Waals surface area contributed by atoms with Gasteiger partial charge in [-0.1, -0.05) is 0 Å². The Morgan fingerprint density at radius 1 is 1.13 bits per heavy atom. The predicted molar refractivity (Wildman–Crippen MR) is 87.5 cm³/mol. The fourth-order valence-corrected chi connectivity index (χ4v) is 3.03. The highest BCUT2D eigenvalue weighted by atomic mass is 16.5. The summed E-state index contributed by atoms with van der Waals surface area (Å²) in [5, 5.41) is 0. The number of hydrogen-bond acceptors (Lipinski definition) is 4. The van der Waals surface area contributed by atoms with E-state index < -0.39 is 0 Å². The number of esters is 1. The summed E-state index contributed by atoms with van der Waals surface area (Å²) in [6.45, 7) is 6.30. The Kier molecular flexibility index (Phi) is 6.02. The number of likely N-dealkylation sites (tertiary alicyclic amines) is 1. The van der Waals surface area contributed by atoms with Gasteiger partial charge in [0.2, 0.25) is 0 Å². The number of nitrogens with zero attached hydrogens (tertiary/aromatic N) is 1. The number of ether oxygens (including phenoxy) is 2. The lowest BCUT2D eigenvalue weighted by Gasteiger charge is -2.38. The van der Waals surface area contributed by atoms with Crippen LogP contribution in [0.3, 0.4) is 0 Å². The van der Waals surface area contributed by atoms with Crippen LogP contribution >= 0.6 is 0 Å². The minimum absolute atomic E-state index is 0.0131. The molecule has 2 rings (SSSR count). The average Bonchev–Trinajstić information content (AvgIpc) is 2.53. The van der Waals surface area contributed by atoms with Gasteiger partial charge in [0.25, 0.3) is 5.91 Å². The molecular weight excluding hydrogens is 294 g/mol. The quantitative estimate of drug-likeness (QED) is 0.783. The molecule has 1 aromatic carbocycles. The largest absolute Gasteiger partial charge is 0.484 e. The van der Waals surface area contributed by atoms with Crippen molar-refractivity contribution in [3.8, 4) is 5.75 Å². The number of benzene rings is 1. The molecule has 1 aromatic rings. The molecule has 0 radical (unpaired) electrons. The summed E-state index contributed by atoms with van der Waals surface area (Å²) >= 11 is 0. The van der Waals surface area contributed by atoms with E-state index in [0.29, 0.717) is 17.9 Å². The zero-order valence-electron chi connectivity index (χ0n) is 14.1. The van der Waals surface area contributed by atoms with E-state index in [0.717, 1.165) is 12.8 Å². The monoisotopic (exact) mass is 319 g/mol. The maximum absolute atomic E-state index is 12.4. The average molecular weight is 319 g/mol. The third kappa shape index (κ3) is 4.47. The van der Waals surface area contributed by atoms with E-state index in [1.54, 1.807) is 31.2 Å². The maximum Gasteiger partial charge on any atom is 0.338 e. The highest BCUT2D eigenvalue weighted by Crippen LogP contribution is 2.23. The number of carbonyl (C=O) groups excluding carboxylic acids is 2. The SMILES string of the molecule is CCOC(=O)c1ccc(OCC(=O)N2[C@H](C)CCC[C@H]2C)cc1. The van der Waals surface area contributed by atoms with Crippen LogP contribution in [-0.2, 0) is 9.53 Å². The first-order valence-electron chi connectivity index (χ1n) is 8.24. The first-order chi connectivity index (χ1) is 11.0. The van der Waals surface area contributed by atoms with Gasteiger partial charge in [-0.3, -0.25) is 4.79 Å². The third-order valence-corrected chi connectivity index (χ3v) is 4.21. The molecule has 1 amide bonds. The summed E-state index contributed by atoms with van der Waals surface area (Å²) in [5.41, 5.74) is 0.476. The van der Waals surface area contributed by atoms with Gasteiger partial charge in [0, 0.05) is 12.1 Å². The number of amides is 1. The van der Waals surface area contributed by atoms with E-state index in [-0.39, 0.29) is 30.6 Å². The van der Waals surface area contributed by atoms with Crippen LogP contribution < -0.4 is 4.74 Å². The van der Waals surface area contributed by atoms with Crippen LogP contribution in [0.25, 0.3) is 0 Å². The first kappa shape index (κ1) is 17.3. The lowest BCUT2D eigenvalue weighted by atomic mass is 9.97. The van der Waals surface area contributed by atoms with Crippen molar-refractivity contribution >= 4 is 11.9 Å². The Labute approximate surface area is 137 Å². The van der Waals surface area contributed by atoms with E-state index in [2.05, 4.69) is 13.8 Å². The van der Waals surface area contributed by atoms with Crippen LogP contribution in [-0.4, -0.2) is 42.1 Å². The molecule has 1 fully saturated rings. The standard InChI is InChI=1S/C18H25NO4/c1-4-22-18(21)15-8-10-16(11-9-15)23-12-17(20)19-13(2)6-5-7-14(19)3/h8-11,13-14H,4-7,12H2,1-3H3/t13-,14-/m1/s1. The number of piperidine rings is 1. The second kappa shape index (κ2) is 7.99. The summed E-state index contributed by atoms with van der Waals surface area (Å²) in [6, 6.07) is 7.18. The zero-order chi connectivity index (χ0) is 16.8. The van der Waals surface area contributed by atoms with Crippen LogP contribution in [0.15, 0.2) is 24.3 Å². The van der Waals surface area contributed by atoms with E-state index in [4.69, 9.17) is 9.47 Å². The van der Waals surface area contributed by atoms with Crippen molar-refractivity contribution in [1.82, 2.24) is 4.90 Å². The Bertz CT molecular complexity index is 530. The summed E-state index contributed by atoms with van der Waals surface area (Å²) in [5.74, 6) is 0.231. The van der Waals surface area contributed by atoms with Gasteiger partial charge in [-0.15, -0.1) is 0 Å². The fraction of sp³-hybridized carbons (Fsp3) is 0.556. The first-order valence-corrected chi connectivity index (χ1v) is 8.24. The van der Waals surface area contributed by atoms with Crippen LogP contribution in [0.4, 0.5) is 0 Å². The number of rotatable bonds is 5. The van der Waals surface area contributed by atoms with Gasteiger partial charge >= 0.3 is 5.97 Å². The van der Waals surface area contributed by atoms with E-state index in [9.17, 15) is 9.59 Å². The number of carbonyl (C=O) groups is 2. The maximum atomic E-state index is 12.4. The summed E-state index contributed by atoms with van der Waals surface area (Å²) in [7, 11) is 0. The van der Waals surface area contributed by atoms with Crippen molar-refractivity contribution in [1.29, 1.82) is 0 Å². The minimum Gasteiger partial charge on any atom is -0.484 e. The van der Waals surface area contributed by atoms with Gasteiger partial charge in [0.1, 0.15) is 5.75 Å². The molecule has 1 aliphatic heterocycles. The lowest BCUT2D eigenvalue weighted by Crippen LogP contribution is -2.49. The molecule has 0 bridgehead atoms. The molecule has 0 N–H and O–H groups in total. The van der Waals surface area contributed by atoms with E-state index in [1.165, 1.54) is 6.42 Å². The Hall–Kier alpha value is -2.04. The Morgan fingerprint density at radius 2 is 1.74 bits per heavy atom. The minimum atomic E-state index is -0.355. The zero-order valence-corrected chi connectivity index (χ0v) is 14.1. The van der Waals surface area contributed by atoms with Crippen LogP contribution in [0, 0.1) is 0 Å². The molecular formula is C18H25NO4. The summed E-state index contributed by atoms with van der Waals surface area (Å²) in [6.07, 6.45) is 3.26. The molecule has 2 atom stereocenters. The highest BCUT2D eigenvalue weighted by molar-refractivity contribution is 5.89. The lowest BCUT2D eigenvalue weighted by molar-refractivity contribution is -0.139. The molecule has 0 unspecified atom stereocenters. The Balaban J connectivity index is 1.90. The third-order valence-electron chi connectivity index (χ3n) is 4.21. The van der Waals surface area contributed by atoms with Crippen molar-refractivity contribution < 1.29 is 19.1 Å².